The third-order valence-electron chi connectivity index (χ3n) is 5.20. The van der Waals surface area contributed by atoms with Gasteiger partial charge in [0.2, 0.25) is 11.8 Å². The summed E-state index contributed by atoms with van der Waals surface area (Å²) in [6.07, 6.45) is 5.83. The Balaban J connectivity index is 1.60. The number of benzene rings is 1. The van der Waals surface area contributed by atoms with Gasteiger partial charge in [-0.2, -0.15) is 0 Å². The van der Waals surface area contributed by atoms with E-state index in [9.17, 15) is 4.79 Å². The molecule has 0 saturated carbocycles. The van der Waals surface area contributed by atoms with E-state index in [0.29, 0.717) is 18.4 Å². The number of carbonyl (C=O) groups excluding carboxylic acids is 1. The van der Waals surface area contributed by atoms with Gasteiger partial charge in [0.05, 0.1) is 30.4 Å². The van der Waals surface area contributed by atoms with Crippen molar-refractivity contribution in [3.63, 3.8) is 0 Å². The van der Waals surface area contributed by atoms with Gasteiger partial charge in [-0.05, 0) is 39.3 Å². The number of anilines is 2. The molecule has 1 aliphatic rings. The summed E-state index contributed by atoms with van der Waals surface area (Å²) < 4.78 is 10.6. The molecule has 0 radical (unpaired) electrons. The molecule has 1 aliphatic heterocycles. The predicted octanol–water partition coefficient (Wildman–Crippen LogP) is 5.53. The normalized spacial score (nSPS) is 15.6. The lowest BCUT2D eigenvalue weighted by Crippen LogP contribution is -2.36. The fourth-order valence-corrected chi connectivity index (χ4v) is 3.55. The van der Waals surface area contributed by atoms with Crippen LogP contribution in [0.1, 0.15) is 38.8 Å². The highest BCUT2D eigenvalue weighted by atomic mass is 16.6. The maximum Gasteiger partial charge on any atom is 0.414 e. The number of hydrogen-bond acceptors (Lipinski definition) is 7. The number of ether oxygens (including phenoxy) is 2. The zero-order chi connectivity index (χ0) is 24.1. The number of nitrogens with one attached hydrogen (secondary N) is 1. The van der Waals surface area contributed by atoms with Crippen LogP contribution in [-0.2, 0) is 4.74 Å². The van der Waals surface area contributed by atoms with Gasteiger partial charge >= 0.3 is 6.09 Å². The minimum Gasteiger partial charge on any atom is -0.481 e. The number of allylic oxidation sites excluding steroid dienone is 1. The Morgan fingerprint density at radius 3 is 2.53 bits per heavy atom. The number of aromatic nitrogens is 3. The van der Waals surface area contributed by atoms with E-state index in [0.717, 1.165) is 29.1 Å². The number of hydrogen-bond donors (Lipinski definition) is 1. The minimum absolute atomic E-state index is 0.0405. The fourth-order valence-electron chi connectivity index (χ4n) is 3.55. The van der Waals surface area contributed by atoms with E-state index >= 15 is 0 Å². The molecule has 3 aromatic rings. The summed E-state index contributed by atoms with van der Waals surface area (Å²) in [5.41, 5.74) is 2.91. The second kappa shape index (κ2) is 9.91. The highest BCUT2D eigenvalue weighted by molar-refractivity contribution is 5.69. The quantitative estimate of drug-likeness (QED) is 0.537. The average Bonchev–Trinajstić information content (AvgIpc) is 2.84. The summed E-state index contributed by atoms with van der Waals surface area (Å²) in [5.74, 6) is 1.05. The number of carbonyl (C=O) groups is 1. The zero-order valence-corrected chi connectivity index (χ0v) is 19.9. The van der Waals surface area contributed by atoms with Crippen molar-refractivity contribution in [1.29, 1.82) is 0 Å². The lowest BCUT2D eigenvalue weighted by atomic mass is 9.97. The third kappa shape index (κ3) is 5.89. The van der Waals surface area contributed by atoms with E-state index in [1.807, 2.05) is 69.3 Å². The van der Waals surface area contributed by atoms with Crippen LogP contribution in [-0.4, -0.2) is 45.2 Å². The molecule has 1 amide bonds. The highest BCUT2D eigenvalue weighted by Gasteiger charge is 2.25. The van der Waals surface area contributed by atoms with Gasteiger partial charge in [0, 0.05) is 30.3 Å². The molecule has 2 aromatic heterocycles. The van der Waals surface area contributed by atoms with Crippen molar-refractivity contribution in [2.45, 2.75) is 38.7 Å². The van der Waals surface area contributed by atoms with Crippen LogP contribution in [0.3, 0.4) is 0 Å². The number of methoxy groups -OCH3 is 1. The smallest absolute Gasteiger partial charge is 0.414 e. The zero-order valence-electron chi connectivity index (χ0n) is 19.9. The molecule has 1 atom stereocenters. The first-order valence-corrected chi connectivity index (χ1v) is 11.2. The van der Waals surface area contributed by atoms with Gasteiger partial charge in [-0.1, -0.05) is 36.4 Å². The van der Waals surface area contributed by atoms with Gasteiger partial charge in [-0.25, -0.2) is 19.7 Å². The van der Waals surface area contributed by atoms with E-state index in [1.54, 1.807) is 30.5 Å². The van der Waals surface area contributed by atoms with Crippen LogP contribution in [0.4, 0.5) is 16.4 Å². The minimum atomic E-state index is -0.532. The molecular formula is C26H29N5O3. The maximum atomic E-state index is 12.4. The first-order chi connectivity index (χ1) is 16.3. The van der Waals surface area contributed by atoms with Crippen LogP contribution in [0.2, 0.25) is 0 Å². The largest absolute Gasteiger partial charge is 0.481 e. The highest BCUT2D eigenvalue weighted by Crippen LogP contribution is 2.29. The van der Waals surface area contributed by atoms with E-state index < -0.39 is 5.60 Å². The molecule has 1 unspecified atom stereocenters. The lowest BCUT2D eigenvalue weighted by molar-refractivity contribution is 0.0324. The van der Waals surface area contributed by atoms with Gasteiger partial charge in [0.1, 0.15) is 5.60 Å². The summed E-state index contributed by atoms with van der Waals surface area (Å²) in [6, 6.07) is 15.6. The van der Waals surface area contributed by atoms with Crippen molar-refractivity contribution >= 4 is 17.7 Å². The van der Waals surface area contributed by atoms with Crippen LogP contribution in [0.25, 0.3) is 11.3 Å². The Morgan fingerprint density at radius 2 is 1.91 bits per heavy atom. The van der Waals surface area contributed by atoms with Crippen LogP contribution >= 0.6 is 0 Å². The van der Waals surface area contributed by atoms with Crippen molar-refractivity contribution in [1.82, 2.24) is 19.9 Å². The van der Waals surface area contributed by atoms with E-state index in [-0.39, 0.29) is 12.0 Å². The van der Waals surface area contributed by atoms with Crippen LogP contribution in [0.5, 0.6) is 5.88 Å². The van der Waals surface area contributed by atoms with Crippen LogP contribution in [0, 0.1) is 0 Å². The summed E-state index contributed by atoms with van der Waals surface area (Å²) in [7, 11) is 1.58. The van der Waals surface area contributed by atoms with Gasteiger partial charge < -0.3 is 14.8 Å². The molecule has 3 heterocycles. The van der Waals surface area contributed by atoms with Gasteiger partial charge in [-0.15, -0.1) is 0 Å². The Kier molecular flexibility index (Phi) is 6.77. The molecule has 8 nitrogen and oxygen atoms in total. The molecule has 0 fully saturated rings. The molecule has 0 bridgehead atoms. The number of nitrogens with zero attached hydrogens (tertiary/aromatic N) is 4. The molecule has 0 aliphatic carbocycles. The monoisotopic (exact) mass is 459 g/mol. The Labute approximate surface area is 199 Å². The maximum absolute atomic E-state index is 12.4. The summed E-state index contributed by atoms with van der Waals surface area (Å²) in [4.78, 5) is 27.7. The lowest BCUT2D eigenvalue weighted by Gasteiger charge is -2.29. The fraction of sp³-hybridized carbons (Fsp3) is 0.308. The van der Waals surface area contributed by atoms with Crippen LogP contribution in [0.15, 0.2) is 67.0 Å². The first-order valence-electron chi connectivity index (χ1n) is 11.2. The summed E-state index contributed by atoms with van der Waals surface area (Å²) in [5, 5.41) is 3.25. The SMILES string of the molecule is COc1ccc(Nc2nc(-c3ccccc3)cc(C3C=CN(C(=O)OC(C)(C)C)CC3)n2)cn1. The van der Waals surface area contributed by atoms with Crippen molar-refractivity contribution in [2.24, 2.45) is 0 Å². The molecular weight excluding hydrogens is 430 g/mol. The predicted molar refractivity (Wildman–Crippen MR) is 131 cm³/mol. The van der Waals surface area contributed by atoms with E-state index in [4.69, 9.17) is 19.4 Å². The molecule has 34 heavy (non-hydrogen) atoms. The summed E-state index contributed by atoms with van der Waals surface area (Å²) in [6.45, 7) is 6.13. The molecule has 0 spiro atoms. The van der Waals surface area contributed by atoms with E-state index in [2.05, 4.69) is 10.3 Å². The van der Waals surface area contributed by atoms with Crippen LogP contribution < -0.4 is 10.1 Å². The van der Waals surface area contributed by atoms with E-state index in [1.165, 1.54) is 0 Å². The topological polar surface area (TPSA) is 89.5 Å². The van der Waals surface area contributed by atoms with Gasteiger partial charge in [0.25, 0.3) is 0 Å². The molecule has 8 heteroatoms. The number of pyridine rings is 1. The second-order valence-electron chi connectivity index (χ2n) is 8.99. The van der Waals surface area contributed by atoms with Crippen molar-refractivity contribution in [3.05, 3.63) is 72.7 Å². The number of rotatable bonds is 5. The third-order valence-corrected chi connectivity index (χ3v) is 5.20. The second-order valence-corrected chi connectivity index (χ2v) is 8.99. The van der Waals surface area contributed by atoms with Gasteiger partial charge in [0.15, 0.2) is 0 Å². The van der Waals surface area contributed by atoms with Crippen molar-refractivity contribution in [3.8, 4) is 17.1 Å². The van der Waals surface area contributed by atoms with Crippen molar-refractivity contribution < 1.29 is 14.3 Å². The first kappa shape index (κ1) is 23.2. The number of amides is 1. The molecule has 0 saturated heterocycles. The Hall–Kier alpha value is -3.94. The molecule has 1 N–H and O–H groups in total. The average molecular weight is 460 g/mol. The Bertz CT molecular complexity index is 1160. The molecule has 4 rings (SSSR count). The molecule has 176 valence electrons. The standard InChI is InChI=1S/C26H29N5O3/c1-26(2,3)34-25(32)31-14-12-19(13-15-31)22-16-21(18-8-6-5-7-9-18)29-24(30-22)28-20-10-11-23(33-4)27-17-20/h5-12,14,16-17,19H,13,15H2,1-4H3,(H,28,29,30). The molecule has 1 aromatic carbocycles. The Morgan fingerprint density at radius 1 is 1.12 bits per heavy atom. The van der Waals surface area contributed by atoms with Gasteiger partial charge in [-0.3, -0.25) is 4.90 Å². The van der Waals surface area contributed by atoms with Crippen molar-refractivity contribution in [2.75, 3.05) is 19.0 Å². The summed E-state index contributed by atoms with van der Waals surface area (Å²) >= 11 is 0.